The monoisotopic (exact) mass is 346 g/mol. The molecule has 0 saturated carbocycles. The molecule has 1 aromatic heterocycles. The smallest absolute Gasteiger partial charge is 0.261 e. The van der Waals surface area contributed by atoms with Gasteiger partial charge in [-0.3, -0.25) is 9.59 Å². The quantitative estimate of drug-likeness (QED) is 0.759. The summed E-state index contributed by atoms with van der Waals surface area (Å²) in [6.45, 7) is 0. The van der Waals surface area contributed by atoms with E-state index in [-0.39, 0.29) is 11.0 Å². The molecule has 0 atom stereocenters. The lowest BCUT2D eigenvalue weighted by molar-refractivity contribution is 0.102. The van der Waals surface area contributed by atoms with Crippen LogP contribution in [0.5, 0.6) is 0 Å². The number of aromatic nitrogens is 1. The molecule has 2 aromatic carbocycles. The van der Waals surface area contributed by atoms with Crippen LogP contribution in [0, 0.1) is 0 Å². The third-order valence-electron chi connectivity index (χ3n) is 3.52. The van der Waals surface area contributed by atoms with E-state index in [2.05, 4.69) is 5.32 Å². The summed E-state index contributed by atoms with van der Waals surface area (Å²) in [5.41, 5.74) is 0.997. The highest BCUT2D eigenvalue weighted by Crippen LogP contribution is 2.25. The van der Waals surface area contributed by atoms with Gasteiger partial charge in [-0.05, 0) is 30.3 Å². The van der Waals surface area contributed by atoms with Gasteiger partial charge in [0.15, 0.2) is 0 Å². The van der Waals surface area contributed by atoms with Crippen LogP contribution in [0.2, 0.25) is 10.0 Å². The molecule has 0 aliphatic carbocycles. The highest BCUT2D eigenvalue weighted by Gasteiger charge is 2.15. The third kappa shape index (κ3) is 2.96. The first-order valence-electron chi connectivity index (χ1n) is 6.82. The number of para-hydroxylation sites is 1. The van der Waals surface area contributed by atoms with Gasteiger partial charge in [0, 0.05) is 24.3 Å². The number of amides is 1. The molecule has 6 heteroatoms. The molecule has 116 valence electrons. The van der Waals surface area contributed by atoms with Crippen LogP contribution >= 0.6 is 23.2 Å². The number of carbonyl (C=O) groups is 1. The Morgan fingerprint density at radius 3 is 2.57 bits per heavy atom. The minimum atomic E-state index is -0.491. The second-order valence-corrected chi connectivity index (χ2v) is 5.90. The number of nitrogens with zero attached hydrogens (tertiary/aromatic N) is 1. The fraction of sp³-hybridized carbons (Fsp3) is 0.0588. The molecule has 0 aliphatic heterocycles. The topological polar surface area (TPSA) is 51.1 Å². The second-order valence-electron chi connectivity index (χ2n) is 5.08. The number of anilines is 1. The van der Waals surface area contributed by atoms with Crippen molar-refractivity contribution in [1.82, 2.24) is 4.57 Å². The van der Waals surface area contributed by atoms with Crippen molar-refractivity contribution in [1.29, 1.82) is 0 Å². The van der Waals surface area contributed by atoms with E-state index in [0.29, 0.717) is 21.1 Å². The van der Waals surface area contributed by atoms with E-state index in [1.165, 1.54) is 12.3 Å². The number of rotatable bonds is 2. The predicted molar refractivity (Wildman–Crippen MR) is 93.6 cm³/mol. The van der Waals surface area contributed by atoms with Crippen LogP contribution in [0.4, 0.5) is 5.69 Å². The normalized spacial score (nSPS) is 10.7. The van der Waals surface area contributed by atoms with Gasteiger partial charge in [0.25, 0.3) is 5.91 Å². The van der Waals surface area contributed by atoms with Gasteiger partial charge in [0.2, 0.25) is 5.43 Å². The first kappa shape index (κ1) is 15.6. The maximum Gasteiger partial charge on any atom is 0.261 e. The van der Waals surface area contributed by atoms with Crippen molar-refractivity contribution >= 4 is 45.7 Å². The van der Waals surface area contributed by atoms with Crippen molar-refractivity contribution in [3.05, 3.63) is 74.5 Å². The summed E-state index contributed by atoms with van der Waals surface area (Å²) in [6.07, 6.45) is 1.53. The average Bonchev–Trinajstić information content (AvgIpc) is 2.54. The molecule has 0 unspecified atom stereocenters. The van der Waals surface area contributed by atoms with Gasteiger partial charge in [-0.1, -0.05) is 35.3 Å². The zero-order valence-electron chi connectivity index (χ0n) is 12.1. The molecule has 3 rings (SSSR count). The Labute approximate surface area is 142 Å². The van der Waals surface area contributed by atoms with E-state index in [4.69, 9.17) is 23.2 Å². The van der Waals surface area contributed by atoms with Crippen LogP contribution in [0.3, 0.4) is 0 Å². The number of fused-ring (bicyclic) bond motifs is 1. The number of carbonyl (C=O) groups excluding carboxylic acids is 1. The van der Waals surface area contributed by atoms with Crippen LogP contribution in [-0.2, 0) is 7.05 Å². The molecular formula is C17H12Cl2N2O2. The number of nitrogens with one attached hydrogen (secondary N) is 1. The Balaban J connectivity index is 2.02. The van der Waals surface area contributed by atoms with Gasteiger partial charge in [-0.25, -0.2) is 0 Å². The van der Waals surface area contributed by atoms with Crippen molar-refractivity contribution < 1.29 is 4.79 Å². The minimum Gasteiger partial charge on any atom is -0.350 e. The summed E-state index contributed by atoms with van der Waals surface area (Å²) >= 11 is 11.8. The van der Waals surface area contributed by atoms with Crippen molar-refractivity contribution in [2.45, 2.75) is 0 Å². The summed E-state index contributed by atoms with van der Waals surface area (Å²) in [5, 5.41) is 3.88. The maximum atomic E-state index is 12.5. The van der Waals surface area contributed by atoms with E-state index in [0.717, 1.165) is 5.52 Å². The lowest BCUT2D eigenvalue weighted by Gasteiger charge is -2.10. The molecule has 0 aliphatic rings. The highest BCUT2D eigenvalue weighted by atomic mass is 35.5. The molecule has 0 saturated heterocycles. The van der Waals surface area contributed by atoms with Crippen molar-refractivity contribution in [2.75, 3.05) is 5.32 Å². The Kier molecular flexibility index (Phi) is 4.11. The molecule has 0 radical (unpaired) electrons. The van der Waals surface area contributed by atoms with E-state index >= 15 is 0 Å². The van der Waals surface area contributed by atoms with Gasteiger partial charge >= 0.3 is 0 Å². The van der Waals surface area contributed by atoms with Crippen molar-refractivity contribution in [3.8, 4) is 0 Å². The second kappa shape index (κ2) is 6.07. The number of halogens is 2. The molecule has 0 spiro atoms. The fourth-order valence-electron chi connectivity index (χ4n) is 2.37. The number of hydrogen-bond acceptors (Lipinski definition) is 2. The summed E-state index contributed by atoms with van der Waals surface area (Å²) in [6, 6.07) is 11.9. The number of benzene rings is 2. The van der Waals surface area contributed by atoms with E-state index in [1.807, 2.05) is 12.1 Å². The van der Waals surface area contributed by atoms with Gasteiger partial charge in [0.05, 0.1) is 15.6 Å². The molecule has 0 bridgehead atoms. The standard InChI is InChI=1S/C17H12Cl2N2O2/c1-21-9-12(16(22)11-4-2-3-5-15(11)21)17(23)20-10-6-7-13(18)14(19)8-10/h2-9H,1H3,(H,20,23). The molecule has 1 N–H and O–H groups in total. The number of pyridine rings is 1. The van der Waals surface area contributed by atoms with Crippen LogP contribution in [0.15, 0.2) is 53.5 Å². The molecular weight excluding hydrogens is 335 g/mol. The Hall–Kier alpha value is -2.30. The van der Waals surface area contributed by atoms with E-state index in [1.54, 1.807) is 35.9 Å². The minimum absolute atomic E-state index is 0.0669. The number of hydrogen-bond donors (Lipinski definition) is 1. The zero-order chi connectivity index (χ0) is 16.6. The molecule has 3 aromatic rings. The SMILES string of the molecule is Cn1cc(C(=O)Nc2ccc(Cl)c(Cl)c2)c(=O)c2ccccc21. The van der Waals surface area contributed by atoms with Gasteiger partial charge < -0.3 is 9.88 Å². The van der Waals surface area contributed by atoms with Crippen LogP contribution in [-0.4, -0.2) is 10.5 Å². The fourth-order valence-corrected chi connectivity index (χ4v) is 2.67. The predicted octanol–water partition coefficient (Wildman–Crippen LogP) is 4.10. The van der Waals surface area contributed by atoms with Crippen LogP contribution in [0.25, 0.3) is 10.9 Å². The summed E-state index contributed by atoms with van der Waals surface area (Å²) < 4.78 is 1.75. The third-order valence-corrected chi connectivity index (χ3v) is 4.26. The van der Waals surface area contributed by atoms with E-state index in [9.17, 15) is 9.59 Å². The molecule has 4 nitrogen and oxygen atoms in total. The highest BCUT2D eigenvalue weighted by molar-refractivity contribution is 6.42. The Bertz CT molecular complexity index is 980. The van der Waals surface area contributed by atoms with Crippen molar-refractivity contribution in [3.63, 3.8) is 0 Å². The van der Waals surface area contributed by atoms with Gasteiger partial charge in [0.1, 0.15) is 5.56 Å². The van der Waals surface area contributed by atoms with Gasteiger partial charge in [-0.15, -0.1) is 0 Å². The van der Waals surface area contributed by atoms with Gasteiger partial charge in [-0.2, -0.15) is 0 Å². The molecule has 1 amide bonds. The summed E-state index contributed by atoms with van der Waals surface area (Å²) in [5.74, 6) is -0.491. The first-order valence-corrected chi connectivity index (χ1v) is 7.58. The van der Waals surface area contributed by atoms with Crippen LogP contribution < -0.4 is 10.7 Å². The number of aryl methyl sites for hydroxylation is 1. The largest absolute Gasteiger partial charge is 0.350 e. The molecule has 0 fully saturated rings. The lowest BCUT2D eigenvalue weighted by atomic mass is 10.1. The lowest BCUT2D eigenvalue weighted by Crippen LogP contribution is -2.23. The van der Waals surface area contributed by atoms with Crippen LogP contribution in [0.1, 0.15) is 10.4 Å². The summed E-state index contributed by atoms with van der Waals surface area (Å²) in [4.78, 5) is 24.9. The first-order chi connectivity index (χ1) is 11.0. The van der Waals surface area contributed by atoms with E-state index < -0.39 is 5.91 Å². The Morgan fingerprint density at radius 2 is 1.83 bits per heavy atom. The van der Waals surface area contributed by atoms with Crippen molar-refractivity contribution in [2.24, 2.45) is 7.05 Å². The maximum absolute atomic E-state index is 12.5. The molecule has 1 heterocycles. The summed E-state index contributed by atoms with van der Waals surface area (Å²) in [7, 11) is 1.79. The zero-order valence-corrected chi connectivity index (χ0v) is 13.7. The average molecular weight is 347 g/mol. The Morgan fingerprint density at radius 1 is 1.09 bits per heavy atom. The molecule has 23 heavy (non-hydrogen) atoms.